The molecule has 0 atom stereocenters. The maximum atomic E-state index is 11.2. The number of nitrogen functional groups attached to an aromatic ring is 1. The molecule has 0 unspecified atom stereocenters. The first-order chi connectivity index (χ1) is 8.35. The van der Waals surface area contributed by atoms with Gasteiger partial charge in [0.25, 0.3) is 0 Å². The van der Waals surface area contributed by atoms with Crippen LogP contribution in [0.3, 0.4) is 0 Å². The van der Waals surface area contributed by atoms with Gasteiger partial charge in [-0.25, -0.2) is 13.6 Å². The van der Waals surface area contributed by atoms with E-state index in [-0.39, 0.29) is 18.2 Å². The molecule has 8 heteroatoms. The predicted molar refractivity (Wildman–Crippen MR) is 69.7 cm³/mol. The summed E-state index contributed by atoms with van der Waals surface area (Å²) in [6.45, 7) is 0.162. The second kappa shape index (κ2) is 4.46. The van der Waals surface area contributed by atoms with E-state index in [1.165, 1.54) is 0 Å². The molecular weight excluding hydrogens is 256 g/mol. The van der Waals surface area contributed by atoms with Crippen LogP contribution in [0.15, 0.2) is 12.1 Å². The van der Waals surface area contributed by atoms with Crippen LogP contribution in [0.1, 0.15) is 5.56 Å². The van der Waals surface area contributed by atoms with Gasteiger partial charge in [0, 0.05) is 12.2 Å². The number of anilines is 3. The van der Waals surface area contributed by atoms with Crippen molar-refractivity contribution in [2.75, 3.05) is 28.7 Å². The smallest absolute Gasteiger partial charge is 0.228 e. The van der Waals surface area contributed by atoms with Gasteiger partial charge in [0.15, 0.2) is 0 Å². The molecule has 0 bridgehead atoms. The number of fused-ring (bicyclic) bond motifs is 1. The van der Waals surface area contributed by atoms with Gasteiger partial charge in [0.2, 0.25) is 15.9 Å². The van der Waals surface area contributed by atoms with Crippen molar-refractivity contribution in [3.8, 4) is 0 Å². The van der Waals surface area contributed by atoms with Crippen molar-refractivity contribution < 1.29 is 13.2 Å². The summed E-state index contributed by atoms with van der Waals surface area (Å²) in [4.78, 5) is 11.2. The zero-order valence-corrected chi connectivity index (χ0v) is 10.4. The van der Waals surface area contributed by atoms with Crippen LogP contribution in [0.25, 0.3) is 0 Å². The van der Waals surface area contributed by atoms with Crippen molar-refractivity contribution in [2.45, 2.75) is 6.42 Å². The molecule has 0 radical (unpaired) electrons. The topological polar surface area (TPSA) is 127 Å². The summed E-state index contributed by atoms with van der Waals surface area (Å²) in [7, 11) is -3.50. The number of sulfonamides is 1. The van der Waals surface area contributed by atoms with Gasteiger partial charge in [0.1, 0.15) is 0 Å². The van der Waals surface area contributed by atoms with E-state index in [2.05, 4.69) is 10.6 Å². The van der Waals surface area contributed by atoms with Crippen LogP contribution in [0.4, 0.5) is 17.1 Å². The normalized spacial score (nSPS) is 14.2. The number of amides is 1. The fourth-order valence-corrected chi connectivity index (χ4v) is 2.16. The summed E-state index contributed by atoms with van der Waals surface area (Å²) in [6, 6.07) is 3.39. The predicted octanol–water partition coefficient (Wildman–Crippen LogP) is -0.536. The van der Waals surface area contributed by atoms with E-state index in [0.29, 0.717) is 23.5 Å². The minimum absolute atomic E-state index is 0.0777. The first kappa shape index (κ1) is 12.7. The molecule has 0 aliphatic carbocycles. The van der Waals surface area contributed by atoms with Crippen molar-refractivity contribution in [3.05, 3.63) is 17.7 Å². The number of nitrogens with two attached hydrogens (primary N) is 2. The van der Waals surface area contributed by atoms with Crippen molar-refractivity contribution >= 4 is 33.0 Å². The summed E-state index contributed by atoms with van der Waals surface area (Å²) < 4.78 is 21.6. The quantitative estimate of drug-likeness (QED) is 0.547. The lowest BCUT2D eigenvalue weighted by atomic mass is 10.1. The maximum absolute atomic E-state index is 11.2. The Morgan fingerprint density at radius 2 is 2.11 bits per heavy atom. The highest BCUT2D eigenvalue weighted by Crippen LogP contribution is 2.31. The van der Waals surface area contributed by atoms with Crippen molar-refractivity contribution in [1.29, 1.82) is 0 Å². The maximum Gasteiger partial charge on any atom is 0.228 e. The van der Waals surface area contributed by atoms with E-state index in [9.17, 15) is 13.2 Å². The van der Waals surface area contributed by atoms with Gasteiger partial charge in [-0.05, 0) is 17.7 Å². The van der Waals surface area contributed by atoms with Crippen molar-refractivity contribution in [2.24, 2.45) is 5.14 Å². The third-order valence-electron chi connectivity index (χ3n) is 2.60. The monoisotopic (exact) mass is 270 g/mol. The SMILES string of the molecule is Nc1cc2c(cc1NCCS(N)(=O)=O)NC(=O)C2. The van der Waals surface area contributed by atoms with Gasteiger partial charge >= 0.3 is 0 Å². The Bertz CT molecular complexity index is 597. The van der Waals surface area contributed by atoms with Gasteiger partial charge in [0.05, 0.1) is 23.5 Å². The molecular formula is C10H14N4O3S. The number of hydrogen-bond donors (Lipinski definition) is 4. The number of carbonyl (C=O) groups is 1. The highest BCUT2D eigenvalue weighted by Gasteiger charge is 2.19. The van der Waals surface area contributed by atoms with Crippen LogP contribution < -0.4 is 21.5 Å². The van der Waals surface area contributed by atoms with Gasteiger partial charge < -0.3 is 16.4 Å². The number of hydrogen-bond acceptors (Lipinski definition) is 5. The highest BCUT2D eigenvalue weighted by molar-refractivity contribution is 7.89. The Kier molecular flexibility index (Phi) is 3.14. The largest absolute Gasteiger partial charge is 0.397 e. The summed E-state index contributed by atoms with van der Waals surface area (Å²) in [5, 5.41) is 10.5. The molecule has 1 heterocycles. The zero-order chi connectivity index (χ0) is 13.3. The van der Waals surface area contributed by atoms with E-state index >= 15 is 0 Å². The summed E-state index contributed by atoms with van der Waals surface area (Å²) in [5.41, 5.74) is 8.40. The van der Waals surface area contributed by atoms with E-state index in [0.717, 1.165) is 5.56 Å². The average molecular weight is 270 g/mol. The molecule has 1 aromatic rings. The lowest BCUT2D eigenvalue weighted by molar-refractivity contribution is -0.115. The van der Waals surface area contributed by atoms with Crippen LogP contribution in [0.5, 0.6) is 0 Å². The van der Waals surface area contributed by atoms with E-state index in [1.54, 1.807) is 12.1 Å². The number of nitrogens with one attached hydrogen (secondary N) is 2. The molecule has 2 rings (SSSR count). The Hall–Kier alpha value is -1.80. The third-order valence-corrected chi connectivity index (χ3v) is 3.38. The molecule has 7 nitrogen and oxygen atoms in total. The lowest BCUT2D eigenvalue weighted by Gasteiger charge is -2.10. The molecule has 0 aromatic heterocycles. The standard InChI is InChI=1S/C10H14N4O3S/c11-7-3-6-4-10(15)14-8(6)5-9(7)13-1-2-18(12,16)17/h3,5,13H,1-2,4,11H2,(H,14,15)(H2,12,16,17). The summed E-state index contributed by atoms with van der Waals surface area (Å²) in [5.74, 6) is -0.262. The molecule has 0 fully saturated rings. The molecule has 98 valence electrons. The number of carbonyl (C=O) groups excluding carboxylic acids is 1. The van der Waals surface area contributed by atoms with Crippen LogP contribution >= 0.6 is 0 Å². The van der Waals surface area contributed by atoms with Crippen LogP contribution in [-0.4, -0.2) is 26.6 Å². The Morgan fingerprint density at radius 3 is 2.78 bits per heavy atom. The molecule has 1 aliphatic heterocycles. The van der Waals surface area contributed by atoms with Crippen LogP contribution in [0.2, 0.25) is 0 Å². The zero-order valence-electron chi connectivity index (χ0n) is 9.56. The van der Waals surface area contributed by atoms with E-state index < -0.39 is 10.0 Å². The molecule has 1 aliphatic rings. The number of benzene rings is 1. The number of rotatable bonds is 4. The summed E-state index contributed by atoms with van der Waals surface area (Å²) >= 11 is 0. The molecule has 0 saturated carbocycles. The second-order valence-electron chi connectivity index (χ2n) is 4.12. The molecule has 18 heavy (non-hydrogen) atoms. The van der Waals surface area contributed by atoms with E-state index in [1.807, 2.05) is 0 Å². The first-order valence-corrected chi connectivity index (χ1v) is 7.03. The molecule has 0 spiro atoms. The fraction of sp³-hybridized carbons (Fsp3) is 0.300. The van der Waals surface area contributed by atoms with Crippen molar-refractivity contribution in [1.82, 2.24) is 0 Å². The third kappa shape index (κ3) is 2.90. The molecule has 1 amide bonds. The molecule has 1 aromatic carbocycles. The Labute approximate surface area is 105 Å². The summed E-state index contributed by atoms with van der Waals surface area (Å²) in [6.07, 6.45) is 0.316. The van der Waals surface area contributed by atoms with Gasteiger partial charge in [-0.2, -0.15) is 0 Å². The van der Waals surface area contributed by atoms with Crippen LogP contribution in [-0.2, 0) is 21.2 Å². The fourth-order valence-electron chi connectivity index (χ4n) is 1.77. The van der Waals surface area contributed by atoms with Crippen LogP contribution in [0, 0.1) is 0 Å². The minimum Gasteiger partial charge on any atom is -0.397 e. The Balaban J connectivity index is 2.10. The van der Waals surface area contributed by atoms with Crippen molar-refractivity contribution in [3.63, 3.8) is 0 Å². The van der Waals surface area contributed by atoms with Gasteiger partial charge in [-0.3, -0.25) is 4.79 Å². The van der Waals surface area contributed by atoms with E-state index in [4.69, 9.17) is 10.9 Å². The number of primary sulfonamides is 1. The minimum atomic E-state index is -3.50. The first-order valence-electron chi connectivity index (χ1n) is 5.32. The highest BCUT2D eigenvalue weighted by atomic mass is 32.2. The molecule has 0 saturated heterocycles. The van der Waals surface area contributed by atoms with Gasteiger partial charge in [-0.1, -0.05) is 0 Å². The second-order valence-corrected chi connectivity index (χ2v) is 5.85. The molecule has 6 N–H and O–H groups in total. The average Bonchev–Trinajstić information content (AvgIpc) is 2.55. The Morgan fingerprint density at radius 1 is 1.39 bits per heavy atom. The van der Waals surface area contributed by atoms with Gasteiger partial charge in [-0.15, -0.1) is 0 Å². The lowest BCUT2D eigenvalue weighted by Crippen LogP contribution is -2.22.